The van der Waals surface area contributed by atoms with Crippen molar-refractivity contribution in [3.63, 3.8) is 0 Å². The lowest BCUT2D eigenvalue weighted by molar-refractivity contribution is 0.108. The minimum absolute atomic E-state index is 0.130. The van der Waals surface area contributed by atoms with Crippen LogP contribution in [0.1, 0.15) is 27.2 Å². The summed E-state index contributed by atoms with van der Waals surface area (Å²) in [6.45, 7) is 8.79. The average molecular weight is 270 g/mol. The van der Waals surface area contributed by atoms with Crippen molar-refractivity contribution in [2.24, 2.45) is 5.92 Å². The van der Waals surface area contributed by atoms with Gasteiger partial charge in [0.05, 0.1) is 6.61 Å². The Kier molecular flexibility index (Phi) is 3.01. The van der Waals surface area contributed by atoms with Gasteiger partial charge in [0.25, 0.3) is 0 Å². The second-order valence-corrected chi connectivity index (χ2v) is 7.67. The van der Waals surface area contributed by atoms with E-state index in [-0.39, 0.29) is 6.09 Å². The van der Waals surface area contributed by atoms with Crippen LogP contribution in [0.3, 0.4) is 0 Å². The highest BCUT2D eigenvalue weighted by molar-refractivity contribution is 8.00. The fourth-order valence-corrected chi connectivity index (χ4v) is 4.96. The standard InChI is InChI=1S/C13H22N2O2S/c1-4-17-12(16)14-6-9-5-11-13(2,3)18-8-15(11)10(9)7-14/h9-11H,4-8H2,1-3H3. The Labute approximate surface area is 113 Å². The molecule has 3 heterocycles. The van der Waals surface area contributed by atoms with Gasteiger partial charge in [-0.3, -0.25) is 4.90 Å². The average Bonchev–Trinajstić information content (AvgIpc) is 2.90. The molecule has 0 radical (unpaired) electrons. The number of carbonyl (C=O) groups excluding carboxylic acids is 1. The van der Waals surface area contributed by atoms with Gasteiger partial charge in [0.1, 0.15) is 0 Å². The number of thioether (sulfide) groups is 1. The lowest BCUT2D eigenvalue weighted by Gasteiger charge is -2.28. The molecule has 0 saturated carbocycles. The van der Waals surface area contributed by atoms with Crippen molar-refractivity contribution in [1.29, 1.82) is 0 Å². The van der Waals surface area contributed by atoms with Gasteiger partial charge < -0.3 is 9.64 Å². The number of nitrogens with zero attached hydrogens (tertiary/aromatic N) is 2. The van der Waals surface area contributed by atoms with Crippen LogP contribution in [0.25, 0.3) is 0 Å². The summed E-state index contributed by atoms with van der Waals surface area (Å²) < 4.78 is 5.48. The van der Waals surface area contributed by atoms with E-state index in [1.165, 1.54) is 6.42 Å². The maximum atomic E-state index is 11.8. The summed E-state index contributed by atoms with van der Waals surface area (Å²) in [7, 11) is 0. The second kappa shape index (κ2) is 4.30. The van der Waals surface area contributed by atoms with E-state index in [0.717, 1.165) is 19.0 Å². The van der Waals surface area contributed by atoms with Crippen molar-refractivity contribution in [1.82, 2.24) is 9.80 Å². The summed E-state index contributed by atoms with van der Waals surface area (Å²) in [4.78, 5) is 16.3. The molecule has 0 spiro atoms. The highest BCUT2D eigenvalue weighted by atomic mass is 32.2. The Bertz CT molecular complexity index is 361. The monoisotopic (exact) mass is 270 g/mol. The highest BCUT2D eigenvalue weighted by Gasteiger charge is 2.55. The smallest absolute Gasteiger partial charge is 0.409 e. The quantitative estimate of drug-likeness (QED) is 0.729. The molecule has 3 atom stereocenters. The van der Waals surface area contributed by atoms with Crippen LogP contribution >= 0.6 is 11.8 Å². The summed E-state index contributed by atoms with van der Waals surface area (Å²) >= 11 is 2.05. The molecule has 102 valence electrons. The zero-order chi connectivity index (χ0) is 12.9. The van der Waals surface area contributed by atoms with E-state index >= 15 is 0 Å². The van der Waals surface area contributed by atoms with E-state index in [9.17, 15) is 4.79 Å². The molecule has 4 nitrogen and oxygen atoms in total. The molecule has 0 aromatic rings. The predicted octanol–water partition coefficient (Wildman–Crippen LogP) is 2.00. The van der Waals surface area contributed by atoms with Crippen molar-refractivity contribution in [3.8, 4) is 0 Å². The van der Waals surface area contributed by atoms with Crippen molar-refractivity contribution in [3.05, 3.63) is 0 Å². The first-order valence-corrected chi connectivity index (χ1v) is 7.83. The third-order valence-corrected chi connectivity index (χ3v) is 6.12. The summed E-state index contributed by atoms with van der Waals surface area (Å²) in [5.74, 6) is 1.77. The topological polar surface area (TPSA) is 32.8 Å². The maximum absolute atomic E-state index is 11.8. The van der Waals surface area contributed by atoms with Crippen LogP contribution < -0.4 is 0 Å². The number of rotatable bonds is 1. The molecule has 3 saturated heterocycles. The van der Waals surface area contributed by atoms with Crippen LogP contribution in [0.2, 0.25) is 0 Å². The molecule has 18 heavy (non-hydrogen) atoms. The first-order valence-electron chi connectivity index (χ1n) is 6.84. The molecule has 0 bridgehead atoms. The minimum Gasteiger partial charge on any atom is -0.450 e. The van der Waals surface area contributed by atoms with Gasteiger partial charge in [-0.2, -0.15) is 0 Å². The highest BCUT2D eigenvalue weighted by Crippen LogP contribution is 2.50. The Morgan fingerprint density at radius 2 is 2.22 bits per heavy atom. The van der Waals surface area contributed by atoms with Crippen molar-refractivity contribution >= 4 is 17.9 Å². The predicted molar refractivity (Wildman–Crippen MR) is 72.7 cm³/mol. The molecule has 0 aliphatic carbocycles. The number of ether oxygens (including phenoxy) is 1. The van der Waals surface area contributed by atoms with E-state index in [1.54, 1.807) is 0 Å². The summed E-state index contributed by atoms with van der Waals surface area (Å²) in [5.41, 5.74) is 0. The van der Waals surface area contributed by atoms with E-state index in [0.29, 0.717) is 29.4 Å². The molecular formula is C13H22N2O2S. The lowest BCUT2D eigenvalue weighted by Crippen LogP contribution is -2.42. The first kappa shape index (κ1) is 12.6. The largest absolute Gasteiger partial charge is 0.450 e. The number of amides is 1. The third kappa shape index (κ3) is 1.83. The summed E-state index contributed by atoms with van der Waals surface area (Å²) in [6.07, 6.45) is 1.11. The Morgan fingerprint density at radius 1 is 1.44 bits per heavy atom. The molecule has 3 unspecified atom stereocenters. The van der Waals surface area contributed by atoms with E-state index in [1.807, 2.05) is 11.8 Å². The van der Waals surface area contributed by atoms with Gasteiger partial charge in [-0.05, 0) is 33.1 Å². The van der Waals surface area contributed by atoms with Crippen LogP contribution in [0.4, 0.5) is 4.79 Å². The number of likely N-dealkylation sites (tertiary alicyclic amines) is 1. The number of hydrogen-bond acceptors (Lipinski definition) is 4. The van der Waals surface area contributed by atoms with E-state index in [2.05, 4.69) is 30.5 Å². The first-order chi connectivity index (χ1) is 8.53. The van der Waals surface area contributed by atoms with Gasteiger partial charge in [0, 0.05) is 35.8 Å². The molecule has 5 heteroatoms. The fraction of sp³-hybridized carbons (Fsp3) is 0.923. The van der Waals surface area contributed by atoms with Gasteiger partial charge in [0.15, 0.2) is 0 Å². The normalized spacial score (nSPS) is 37.7. The molecule has 0 N–H and O–H groups in total. The van der Waals surface area contributed by atoms with E-state index in [4.69, 9.17) is 4.74 Å². The number of fused-ring (bicyclic) bond motifs is 3. The van der Waals surface area contributed by atoms with E-state index < -0.39 is 0 Å². The fourth-order valence-electron chi connectivity index (χ4n) is 3.68. The van der Waals surface area contributed by atoms with Crippen LogP contribution in [0, 0.1) is 5.92 Å². The SMILES string of the molecule is CCOC(=O)N1CC2CC3N(CSC3(C)C)C2C1. The molecule has 3 aliphatic heterocycles. The number of carbonyl (C=O) groups is 1. The second-order valence-electron chi connectivity index (χ2n) is 6.07. The molecule has 3 fully saturated rings. The van der Waals surface area contributed by atoms with Gasteiger partial charge in [-0.15, -0.1) is 11.8 Å². The van der Waals surface area contributed by atoms with Gasteiger partial charge >= 0.3 is 6.09 Å². The zero-order valence-corrected chi connectivity index (χ0v) is 12.2. The van der Waals surface area contributed by atoms with Gasteiger partial charge in [0.2, 0.25) is 0 Å². The van der Waals surface area contributed by atoms with Crippen LogP contribution in [0.5, 0.6) is 0 Å². The zero-order valence-electron chi connectivity index (χ0n) is 11.4. The molecule has 0 aromatic heterocycles. The number of hydrogen-bond donors (Lipinski definition) is 0. The Hall–Kier alpha value is -0.420. The molecule has 0 aromatic carbocycles. The van der Waals surface area contributed by atoms with Crippen LogP contribution in [-0.2, 0) is 4.74 Å². The van der Waals surface area contributed by atoms with Crippen LogP contribution in [-0.4, -0.2) is 58.3 Å². The molecular weight excluding hydrogens is 248 g/mol. The summed E-state index contributed by atoms with van der Waals surface area (Å²) in [5, 5.41) is 0. The lowest BCUT2D eigenvalue weighted by atomic mass is 9.96. The summed E-state index contributed by atoms with van der Waals surface area (Å²) in [6, 6.07) is 1.26. The third-order valence-electron chi connectivity index (χ3n) is 4.67. The van der Waals surface area contributed by atoms with Gasteiger partial charge in [-0.25, -0.2) is 4.79 Å². The maximum Gasteiger partial charge on any atom is 0.409 e. The molecule has 3 rings (SSSR count). The van der Waals surface area contributed by atoms with Gasteiger partial charge in [-0.1, -0.05) is 0 Å². The van der Waals surface area contributed by atoms with Crippen LogP contribution in [0.15, 0.2) is 0 Å². The Morgan fingerprint density at radius 3 is 2.94 bits per heavy atom. The Balaban J connectivity index is 1.67. The van der Waals surface area contributed by atoms with Crippen molar-refractivity contribution < 1.29 is 9.53 Å². The van der Waals surface area contributed by atoms with Crippen molar-refractivity contribution in [2.75, 3.05) is 25.6 Å². The van der Waals surface area contributed by atoms with Crippen molar-refractivity contribution in [2.45, 2.75) is 44.0 Å². The molecule has 3 aliphatic rings. The minimum atomic E-state index is -0.130. The molecule has 1 amide bonds.